The molecule has 3 rings (SSSR count). The first-order chi connectivity index (χ1) is 11.6. The number of halogens is 1. The van der Waals surface area contributed by atoms with Gasteiger partial charge < -0.3 is 14.6 Å². The summed E-state index contributed by atoms with van der Waals surface area (Å²) in [5.74, 6) is 1.16. The third kappa shape index (κ3) is 4.05. The highest BCUT2D eigenvalue weighted by molar-refractivity contribution is 9.10. The molecule has 0 saturated carbocycles. The number of nitrogens with zero attached hydrogens (tertiary/aromatic N) is 1. The highest BCUT2D eigenvalue weighted by Crippen LogP contribution is 2.30. The molecule has 6 nitrogen and oxygen atoms in total. The van der Waals surface area contributed by atoms with Gasteiger partial charge in [0.05, 0.1) is 12.6 Å². The van der Waals surface area contributed by atoms with Gasteiger partial charge in [0, 0.05) is 10.0 Å². The van der Waals surface area contributed by atoms with Crippen molar-refractivity contribution in [2.24, 2.45) is 5.10 Å². The lowest BCUT2D eigenvalue weighted by Gasteiger charge is -2.18. The number of ether oxygens (including phenoxy) is 2. The smallest absolute Gasteiger partial charge is 0.244 e. The van der Waals surface area contributed by atoms with Gasteiger partial charge in [-0.15, -0.1) is 0 Å². The number of phenolic OH excluding ortho intramolecular Hbond substituents is 1. The molecular formula is C17H15BrN2O4. The number of phenols is 1. The van der Waals surface area contributed by atoms with Crippen LogP contribution in [0.5, 0.6) is 17.2 Å². The largest absolute Gasteiger partial charge is 0.507 e. The van der Waals surface area contributed by atoms with Crippen molar-refractivity contribution >= 4 is 28.1 Å². The van der Waals surface area contributed by atoms with Gasteiger partial charge in [-0.2, -0.15) is 5.10 Å². The van der Waals surface area contributed by atoms with E-state index in [-0.39, 0.29) is 18.1 Å². The molecule has 2 N–H and O–H groups in total. The van der Waals surface area contributed by atoms with Gasteiger partial charge in [0.2, 0.25) is 5.91 Å². The van der Waals surface area contributed by atoms with E-state index in [9.17, 15) is 9.90 Å². The van der Waals surface area contributed by atoms with E-state index >= 15 is 0 Å². The van der Waals surface area contributed by atoms with Gasteiger partial charge in [0.25, 0.3) is 0 Å². The number of hydrogen-bond donors (Lipinski definition) is 2. The van der Waals surface area contributed by atoms with Crippen molar-refractivity contribution in [2.45, 2.75) is 6.42 Å². The zero-order valence-corrected chi connectivity index (χ0v) is 14.2. The van der Waals surface area contributed by atoms with Crippen molar-refractivity contribution in [3.05, 3.63) is 52.0 Å². The summed E-state index contributed by atoms with van der Waals surface area (Å²) in [6.07, 6.45) is 1.56. The third-order valence-electron chi connectivity index (χ3n) is 3.35. The first kappa shape index (κ1) is 16.3. The molecule has 7 heteroatoms. The summed E-state index contributed by atoms with van der Waals surface area (Å²) < 4.78 is 11.7. The third-order valence-corrected chi connectivity index (χ3v) is 3.85. The molecule has 1 heterocycles. The van der Waals surface area contributed by atoms with E-state index in [0.717, 1.165) is 10.0 Å². The van der Waals surface area contributed by atoms with Crippen LogP contribution >= 0.6 is 15.9 Å². The van der Waals surface area contributed by atoms with Crippen LogP contribution in [0.2, 0.25) is 0 Å². The standard InChI is InChI=1S/C17H15BrN2O4/c18-13-2-3-14(21)12(9-13)10-19-20-17(22)8-11-1-4-15-16(7-11)24-6-5-23-15/h1-4,7,9-10,21H,5-6,8H2,(H,20,22)/b19-10+. The average molecular weight is 391 g/mol. The molecule has 124 valence electrons. The summed E-state index contributed by atoms with van der Waals surface area (Å²) in [5, 5.41) is 13.6. The lowest BCUT2D eigenvalue weighted by molar-refractivity contribution is -0.120. The maximum atomic E-state index is 12.0. The molecule has 1 aliphatic rings. The zero-order chi connectivity index (χ0) is 16.9. The first-order valence-corrected chi connectivity index (χ1v) is 8.10. The lowest BCUT2D eigenvalue weighted by atomic mass is 10.1. The molecule has 0 spiro atoms. The Morgan fingerprint density at radius 2 is 2.00 bits per heavy atom. The number of aromatic hydroxyl groups is 1. The Balaban J connectivity index is 1.59. The predicted octanol–water partition coefficient (Wildman–Crippen LogP) is 2.62. The number of benzene rings is 2. The second kappa shape index (κ2) is 7.35. The molecule has 1 amide bonds. The van der Waals surface area contributed by atoms with Gasteiger partial charge in [0.1, 0.15) is 19.0 Å². The van der Waals surface area contributed by atoms with Crippen LogP contribution in [0.4, 0.5) is 0 Å². The van der Waals surface area contributed by atoms with Crippen molar-refractivity contribution in [3.8, 4) is 17.2 Å². The Labute approximate surface area is 147 Å². The summed E-state index contributed by atoms with van der Waals surface area (Å²) in [4.78, 5) is 12.0. The van der Waals surface area contributed by atoms with E-state index in [1.807, 2.05) is 6.07 Å². The molecule has 0 atom stereocenters. The monoisotopic (exact) mass is 390 g/mol. The SMILES string of the molecule is O=C(Cc1ccc2c(c1)OCCO2)N/N=C/c1cc(Br)ccc1O. The van der Waals surface area contributed by atoms with Crippen LogP contribution in [-0.2, 0) is 11.2 Å². The Morgan fingerprint density at radius 1 is 1.21 bits per heavy atom. The van der Waals surface area contributed by atoms with Crippen LogP contribution in [0.15, 0.2) is 46.0 Å². The lowest BCUT2D eigenvalue weighted by Crippen LogP contribution is -2.20. The summed E-state index contributed by atoms with van der Waals surface area (Å²) in [5.41, 5.74) is 3.75. The molecule has 0 aliphatic carbocycles. The first-order valence-electron chi connectivity index (χ1n) is 7.31. The van der Waals surface area contributed by atoms with E-state index < -0.39 is 0 Å². The number of carbonyl (C=O) groups excluding carboxylic acids is 1. The topological polar surface area (TPSA) is 80.2 Å². The highest BCUT2D eigenvalue weighted by atomic mass is 79.9. The molecule has 2 aromatic carbocycles. The summed E-state index contributed by atoms with van der Waals surface area (Å²) in [6.45, 7) is 1.03. The zero-order valence-electron chi connectivity index (χ0n) is 12.7. The Morgan fingerprint density at radius 3 is 2.83 bits per heavy atom. The number of nitrogens with one attached hydrogen (secondary N) is 1. The van der Waals surface area contributed by atoms with Gasteiger partial charge in [-0.25, -0.2) is 5.43 Å². The van der Waals surface area contributed by atoms with E-state index in [4.69, 9.17) is 9.47 Å². The minimum absolute atomic E-state index is 0.0861. The van der Waals surface area contributed by atoms with Crippen molar-refractivity contribution in [1.82, 2.24) is 5.43 Å². The van der Waals surface area contributed by atoms with Crippen LogP contribution in [0.1, 0.15) is 11.1 Å². The van der Waals surface area contributed by atoms with Crippen LogP contribution in [0, 0.1) is 0 Å². The molecule has 0 unspecified atom stereocenters. The number of hydrazone groups is 1. The molecule has 0 bridgehead atoms. The van der Waals surface area contributed by atoms with Crippen molar-refractivity contribution in [1.29, 1.82) is 0 Å². The quantitative estimate of drug-likeness (QED) is 0.621. The maximum absolute atomic E-state index is 12.0. The normalized spacial score (nSPS) is 13.0. The summed E-state index contributed by atoms with van der Waals surface area (Å²) in [7, 11) is 0. The maximum Gasteiger partial charge on any atom is 0.244 e. The van der Waals surface area contributed by atoms with Gasteiger partial charge >= 0.3 is 0 Å². The molecule has 2 aromatic rings. The molecular weight excluding hydrogens is 376 g/mol. The van der Waals surface area contributed by atoms with Gasteiger partial charge in [-0.05, 0) is 35.9 Å². The van der Waals surface area contributed by atoms with Gasteiger partial charge in [0.15, 0.2) is 11.5 Å². The van der Waals surface area contributed by atoms with Crippen LogP contribution in [0.3, 0.4) is 0 Å². The Bertz CT molecular complexity index is 792. The average Bonchev–Trinajstić information content (AvgIpc) is 2.58. The van der Waals surface area contributed by atoms with Crippen LogP contribution < -0.4 is 14.9 Å². The molecule has 0 fully saturated rings. The highest BCUT2D eigenvalue weighted by Gasteiger charge is 2.13. The molecule has 0 aromatic heterocycles. The molecule has 1 aliphatic heterocycles. The molecule has 0 saturated heterocycles. The molecule has 24 heavy (non-hydrogen) atoms. The van der Waals surface area contributed by atoms with Crippen LogP contribution in [-0.4, -0.2) is 30.4 Å². The van der Waals surface area contributed by atoms with E-state index in [1.165, 1.54) is 6.21 Å². The van der Waals surface area contributed by atoms with Gasteiger partial charge in [-0.1, -0.05) is 22.0 Å². The second-order valence-corrected chi connectivity index (χ2v) is 6.07. The second-order valence-electron chi connectivity index (χ2n) is 5.15. The summed E-state index contributed by atoms with van der Waals surface area (Å²) in [6, 6.07) is 10.4. The number of amides is 1. The minimum atomic E-state index is -0.266. The number of hydrogen-bond acceptors (Lipinski definition) is 5. The van der Waals surface area contributed by atoms with Gasteiger partial charge in [-0.3, -0.25) is 4.79 Å². The number of rotatable bonds is 4. The number of fused-ring (bicyclic) bond motifs is 1. The van der Waals surface area contributed by atoms with Crippen molar-refractivity contribution < 1.29 is 19.4 Å². The van der Waals surface area contributed by atoms with Crippen molar-refractivity contribution in [3.63, 3.8) is 0 Å². The predicted molar refractivity (Wildman–Crippen MR) is 92.7 cm³/mol. The Hall–Kier alpha value is -2.54. The Kier molecular flexibility index (Phi) is 5.00. The van der Waals surface area contributed by atoms with E-state index in [0.29, 0.717) is 30.3 Å². The van der Waals surface area contributed by atoms with E-state index in [2.05, 4.69) is 26.5 Å². The summed E-state index contributed by atoms with van der Waals surface area (Å²) >= 11 is 3.31. The van der Waals surface area contributed by atoms with Crippen LogP contribution in [0.25, 0.3) is 0 Å². The minimum Gasteiger partial charge on any atom is -0.507 e. The number of carbonyl (C=O) groups is 1. The van der Waals surface area contributed by atoms with Crippen molar-refractivity contribution in [2.75, 3.05) is 13.2 Å². The van der Waals surface area contributed by atoms with E-state index in [1.54, 1.807) is 30.3 Å². The fourth-order valence-electron chi connectivity index (χ4n) is 2.23. The fraction of sp³-hybridized carbons (Fsp3) is 0.176. The fourth-order valence-corrected chi connectivity index (χ4v) is 2.60. The molecule has 0 radical (unpaired) electrons.